The Bertz CT molecular complexity index is 1080. The lowest BCUT2D eigenvalue weighted by molar-refractivity contribution is 0.324. The fourth-order valence-corrected chi connectivity index (χ4v) is 4.63. The predicted octanol–water partition coefficient (Wildman–Crippen LogP) is 5.57. The maximum absolute atomic E-state index is 5.56. The molecular formula is C28H35ClN2O4. The number of piperidine rings is 1. The van der Waals surface area contributed by atoms with Gasteiger partial charge < -0.3 is 29.2 Å². The van der Waals surface area contributed by atoms with Gasteiger partial charge in [-0.15, -0.1) is 12.4 Å². The van der Waals surface area contributed by atoms with Crippen molar-refractivity contribution in [2.45, 2.75) is 25.4 Å². The van der Waals surface area contributed by atoms with Crippen molar-refractivity contribution in [1.29, 1.82) is 0 Å². The zero-order valence-electron chi connectivity index (χ0n) is 20.9. The van der Waals surface area contributed by atoms with Crippen molar-refractivity contribution in [3.8, 4) is 34.1 Å². The molecule has 4 rings (SSSR count). The molecule has 0 spiro atoms. The monoisotopic (exact) mass is 498 g/mol. The number of ether oxygens (including phenoxy) is 4. The van der Waals surface area contributed by atoms with E-state index in [9.17, 15) is 0 Å². The van der Waals surface area contributed by atoms with E-state index in [4.69, 9.17) is 18.9 Å². The van der Waals surface area contributed by atoms with E-state index < -0.39 is 0 Å². The molecule has 0 aromatic heterocycles. The Kier molecular flexibility index (Phi) is 9.52. The van der Waals surface area contributed by atoms with E-state index in [1.54, 1.807) is 28.4 Å². The van der Waals surface area contributed by atoms with Gasteiger partial charge in [-0.2, -0.15) is 0 Å². The van der Waals surface area contributed by atoms with Gasteiger partial charge in [0.05, 0.1) is 28.4 Å². The molecule has 1 aliphatic heterocycles. The number of methoxy groups -OCH3 is 4. The number of nitrogens with zero attached hydrogens (tertiary/aromatic N) is 1. The summed E-state index contributed by atoms with van der Waals surface area (Å²) in [6.45, 7) is 2.89. The summed E-state index contributed by atoms with van der Waals surface area (Å²) in [5.41, 5.74) is 4.55. The van der Waals surface area contributed by atoms with Crippen LogP contribution in [0.1, 0.15) is 18.4 Å². The third kappa shape index (κ3) is 6.13. The first-order valence-electron chi connectivity index (χ1n) is 11.7. The van der Waals surface area contributed by atoms with Gasteiger partial charge in [-0.25, -0.2) is 0 Å². The maximum atomic E-state index is 5.56. The predicted molar refractivity (Wildman–Crippen MR) is 144 cm³/mol. The molecule has 1 fully saturated rings. The smallest absolute Gasteiger partial charge is 0.203 e. The first-order chi connectivity index (χ1) is 16.7. The van der Waals surface area contributed by atoms with Crippen LogP contribution >= 0.6 is 12.4 Å². The van der Waals surface area contributed by atoms with E-state index >= 15 is 0 Å². The van der Waals surface area contributed by atoms with Crippen LogP contribution in [0.3, 0.4) is 0 Å². The molecule has 0 amide bonds. The van der Waals surface area contributed by atoms with Crippen molar-refractivity contribution in [3.05, 3.63) is 66.2 Å². The van der Waals surface area contributed by atoms with Crippen LogP contribution in [0.5, 0.6) is 23.0 Å². The van der Waals surface area contributed by atoms with Crippen molar-refractivity contribution < 1.29 is 18.9 Å². The van der Waals surface area contributed by atoms with Crippen LogP contribution in [-0.4, -0.2) is 47.6 Å². The second-order valence-electron chi connectivity index (χ2n) is 8.42. The van der Waals surface area contributed by atoms with Crippen LogP contribution < -0.4 is 29.2 Å². The quantitative estimate of drug-likeness (QED) is 0.416. The van der Waals surface area contributed by atoms with Crippen molar-refractivity contribution in [2.24, 2.45) is 0 Å². The van der Waals surface area contributed by atoms with E-state index in [-0.39, 0.29) is 12.4 Å². The highest BCUT2D eigenvalue weighted by atomic mass is 35.5. The van der Waals surface area contributed by atoms with Gasteiger partial charge in [-0.05, 0) is 73.0 Å². The van der Waals surface area contributed by atoms with E-state index in [1.807, 2.05) is 18.2 Å². The van der Waals surface area contributed by atoms with E-state index in [0.29, 0.717) is 23.3 Å². The molecule has 1 saturated heterocycles. The molecule has 0 atom stereocenters. The highest BCUT2D eigenvalue weighted by Gasteiger charge is 2.22. The number of rotatable bonds is 9. The van der Waals surface area contributed by atoms with E-state index in [1.165, 1.54) is 11.3 Å². The van der Waals surface area contributed by atoms with Crippen molar-refractivity contribution in [3.63, 3.8) is 0 Å². The number of hydrogen-bond donors (Lipinski definition) is 1. The Morgan fingerprint density at radius 2 is 1.46 bits per heavy atom. The normalized spacial score (nSPS) is 13.5. The van der Waals surface area contributed by atoms with Gasteiger partial charge in [0.15, 0.2) is 11.5 Å². The Hall–Kier alpha value is -3.09. The molecule has 3 aromatic rings. The molecule has 0 aliphatic carbocycles. The summed E-state index contributed by atoms with van der Waals surface area (Å²) in [6, 6.07) is 21.5. The first kappa shape index (κ1) is 26.5. The molecule has 1 aliphatic rings. The van der Waals surface area contributed by atoms with Gasteiger partial charge in [0.25, 0.3) is 0 Å². The van der Waals surface area contributed by atoms with E-state index in [2.05, 4.69) is 52.7 Å². The third-order valence-electron chi connectivity index (χ3n) is 6.41. The summed E-state index contributed by atoms with van der Waals surface area (Å²) in [4.78, 5) is 2.51. The zero-order chi connectivity index (χ0) is 23.9. The minimum absolute atomic E-state index is 0. The van der Waals surface area contributed by atoms with Gasteiger partial charge in [0.1, 0.15) is 5.75 Å². The number of nitrogens with one attached hydrogen (secondary N) is 1. The van der Waals surface area contributed by atoms with Crippen LogP contribution in [-0.2, 0) is 6.54 Å². The lowest BCUT2D eigenvalue weighted by Crippen LogP contribution is -2.43. The second kappa shape index (κ2) is 12.6. The molecule has 0 bridgehead atoms. The van der Waals surface area contributed by atoms with Gasteiger partial charge in [0, 0.05) is 24.3 Å². The van der Waals surface area contributed by atoms with Gasteiger partial charge >= 0.3 is 0 Å². The van der Waals surface area contributed by atoms with Gasteiger partial charge in [-0.1, -0.05) is 24.3 Å². The summed E-state index contributed by atoms with van der Waals surface area (Å²) in [6.07, 6.45) is 2.23. The fourth-order valence-electron chi connectivity index (χ4n) is 4.63. The number of benzene rings is 3. The van der Waals surface area contributed by atoms with Crippen LogP contribution in [0.25, 0.3) is 11.1 Å². The fraction of sp³-hybridized carbons (Fsp3) is 0.357. The molecule has 0 radical (unpaired) electrons. The van der Waals surface area contributed by atoms with Crippen molar-refractivity contribution >= 4 is 18.1 Å². The molecule has 6 nitrogen and oxygen atoms in total. The largest absolute Gasteiger partial charge is 0.497 e. The molecule has 35 heavy (non-hydrogen) atoms. The summed E-state index contributed by atoms with van der Waals surface area (Å²) < 4.78 is 22.1. The Balaban J connectivity index is 0.00000342. The van der Waals surface area contributed by atoms with Crippen molar-refractivity contribution in [2.75, 3.05) is 46.4 Å². The standard InChI is InChI=1S/C28H34N2O4.ClH/c1-31-25-10-6-9-24(18-25)30(23-11-13-29-14-12-23)19-20-7-5-8-21(15-20)22-16-26(32-2)28(34-4)27(17-22)33-3;/h5-10,15-18,23,29H,11-14,19H2,1-4H3;1H. The molecule has 7 heteroatoms. The highest BCUT2D eigenvalue weighted by molar-refractivity contribution is 5.85. The van der Waals surface area contributed by atoms with E-state index in [0.717, 1.165) is 49.4 Å². The average molecular weight is 499 g/mol. The van der Waals surface area contributed by atoms with Crippen LogP contribution in [0.2, 0.25) is 0 Å². The minimum Gasteiger partial charge on any atom is -0.497 e. The summed E-state index contributed by atoms with van der Waals surface area (Å²) in [5.74, 6) is 2.77. The first-order valence-corrected chi connectivity index (χ1v) is 11.7. The molecule has 1 N–H and O–H groups in total. The van der Waals surface area contributed by atoms with Crippen LogP contribution in [0, 0.1) is 0 Å². The molecule has 188 valence electrons. The average Bonchev–Trinajstić information content (AvgIpc) is 2.91. The zero-order valence-corrected chi connectivity index (χ0v) is 21.7. The molecule has 0 saturated carbocycles. The van der Waals surface area contributed by atoms with Gasteiger partial charge in [0.2, 0.25) is 5.75 Å². The summed E-state index contributed by atoms with van der Waals surface area (Å²) in [7, 11) is 6.62. The summed E-state index contributed by atoms with van der Waals surface area (Å²) in [5, 5.41) is 3.48. The topological polar surface area (TPSA) is 52.2 Å². The summed E-state index contributed by atoms with van der Waals surface area (Å²) >= 11 is 0. The lowest BCUT2D eigenvalue weighted by atomic mass is 9.99. The van der Waals surface area contributed by atoms with Crippen LogP contribution in [0.4, 0.5) is 5.69 Å². The molecule has 1 heterocycles. The SMILES string of the molecule is COc1cccc(N(Cc2cccc(-c3cc(OC)c(OC)c(OC)c3)c2)C2CCNCC2)c1.Cl. The Labute approximate surface area is 214 Å². The molecule has 3 aromatic carbocycles. The maximum Gasteiger partial charge on any atom is 0.203 e. The van der Waals surface area contributed by atoms with Crippen molar-refractivity contribution in [1.82, 2.24) is 5.32 Å². The molecular weight excluding hydrogens is 464 g/mol. The number of anilines is 1. The molecule has 0 unspecified atom stereocenters. The highest BCUT2D eigenvalue weighted by Crippen LogP contribution is 2.41. The third-order valence-corrected chi connectivity index (χ3v) is 6.41. The number of halogens is 1. The lowest BCUT2D eigenvalue weighted by Gasteiger charge is -2.37. The second-order valence-corrected chi connectivity index (χ2v) is 8.42. The Morgan fingerprint density at radius 1 is 0.771 bits per heavy atom. The Morgan fingerprint density at radius 3 is 2.09 bits per heavy atom. The van der Waals surface area contributed by atoms with Gasteiger partial charge in [-0.3, -0.25) is 0 Å². The number of hydrogen-bond acceptors (Lipinski definition) is 6. The van der Waals surface area contributed by atoms with Crippen LogP contribution in [0.15, 0.2) is 60.7 Å². The minimum atomic E-state index is 0.